The Bertz CT molecular complexity index is 687. The Balaban J connectivity index is 1.64. The molecule has 0 fully saturated rings. The molecule has 2 aromatic rings. The highest BCUT2D eigenvalue weighted by Crippen LogP contribution is 2.33. The summed E-state index contributed by atoms with van der Waals surface area (Å²) in [5.74, 6) is 1.13. The molecule has 3 atom stereocenters. The van der Waals surface area contributed by atoms with E-state index in [1.54, 1.807) is 11.3 Å². The van der Waals surface area contributed by atoms with Gasteiger partial charge in [0.25, 0.3) is 5.91 Å². The summed E-state index contributed by atoms with van der Waals surface area (Å²) in [5.41, 5.74) is 1.20. The van der Waals surface area contributed by atoms with Crippen LogP contribution < -0.4 is 14.8 Å². The molecule has 24 heavy (non-hydrogen) atoms. The van der Waals surface area contributed by atoms with Crippen LogP contribution in [0.1, 0.15) is 18.5 Å². The van der Waals surface area contributed by atoms with Crippen molar-refractivity contribution in [2.45, 2.75) is 25.2 Å². The first-order valence-electron chi connectivity index (χ1n) is 7.95. The molecule has 1 amide bonds. The SMILES string of the molecule is C[C@@H]1Oc2ccccc2O[C@@H]1C(=O)NC[C@H](c1ccsc1)N(C)C. The molecule has 1 aliphatic rings. The molecule has 0 unspecified atom stereocenters. The van der Waals surface area contributed by atoms with Crippen LogP contribution in [0, 0.1) is 0 Å². The first-order valence-corrected chi connectivity index (χ1v) is 8.89. The van der Waals surface area contributed by atoms with Crippen LogP contribution >= 0.6 is 11.3 Å². The Kier molecular flexibility index (Phi) is 5.06. The second-order valence-electron chi connectivity index (χ2n) is 6.09. The van der Waals surface area contributed by atoms with Gasteiger partial charge in [0, 0.05) is 6.54 Å². The second-order valence-corrected chi connectivity index (χ2v) is 6.87. The normalized spacial score (nSPS) is 20.7. The summed E-state index contributed by atoms with van der Waals surface area (Å²) >= 11 is 1.66. The Labute approximate surface area is 146 Å². The van der Waals surface area contributed by atoms with Gasteiger partial charge in [-0.2, -0.15) is 11.3 Å². The lowest BCUT2D eigenvalue weighted by molar-refractivity contribution is -0.133. The summed E-state index contributed by atoms with van der Waals surface area (Å²) < 4.78 is 11.6. The Morgan fingerprint density at radius 3 is 2.58 bits per heavy atom. The topological polar surface area (TPSA) is 50.8 Å². The molecule has 2 heterocycles. The molecule has 3 rings (SSSR count). The number of amides is 1. The molecule has 1 aliphatic heterocycles. The standard InChI is InChI=1S/C18H22N2O3S/c1-12-17(23-16-7-5-4-6-15(16)22-12)18(21)19-10-14(20(2)3)13-8-9-24-11-13/h4-9,11-12,14,17H,10H2,1-3H3,(H,19,21)/t12-,14+,17-/m0/s1. The molecule has 1 aromatic carbocycles. The second kappa shape index (κ2) is 7.23. The van der Waals surface area contributed by atoms with E-state index in [1.165, 1.54) is 5.56 Å². The van der Waals surface area contributed by atoms with Crippen molar-refractivity contribution in [1.29, 1.82) is 0 Å². The summed E-state index contributed by atoms with van der Waals surface area (Å²) in [7, 11) is 4.02. The molecule has 1 N–H and O–H groups in total. The molecule has 1 aromatic heterocycles. The van der Waals surface area contributed by atoms with Crippen molar-refractivity contribution in [3.05, 3.63) is 46.7 Å². The maximum absolute atomic E-state index is 12.6. The fraction of sp³-hybridized carbons (Fsp3) is 0.389. The van der Waals surface area contributed by atoms with Crippen LogP contribution in [-0.2, 0) is 4.79 Å². The van der Waals surface area contributed by atoms with Crippen molar-refractivity contribution in [1.82, 2.24) is 10.2 Å². The van der Waals surface area contributed by atoms with E-state index in [0.29, 0.717) is 18.0 Å². The maximum atomic E-state index is 12.6. The van der Waals surface area contributed by atoms with Crippen LogP contribution in [0.4, 0.5) is 0 Å². The Morgan fingerprint density at radius 1 is 1.25 bits per heavy atom. The zero-order valence-electron chi connectivity index (χ0n) is 14.1. The average Bonchev–Trinajstić information content (AvgIpc) is 3.08. The van der Waals surface area contributed by atoms with Gasteiger partial charge in [-0.25, -0.2) is 0 Å². The van der Waals surface area contributed by atoms with Crippen LogP contribution in [0.15, 0.2) is 41.1 Å². The molecule has 0 aliphatic carbocycles. The first kappa shape index (κ1) is 16.8. The number of ether oxygens (including phenoxy) is 2. The van der Waals surface area contributed by atoms with Crippen LogP contribution in [-0.4, -0.2) is 43.7 Å². The zero-order valence-corrected chi connectivity index (χ0v) is 14.9. The van der Waals surface area contributed by atoms with Gasteiger partial charge in [0.15, 0.2) is 11.5 Å². The Morgan fingerprint density at radius 2 is 1.96 bits per heavy atom. The number of nitrogens with one attached hydrogen (secondary N) is 1. The molecule has 128 valence electrons. The molecule has 0 bridgehead atoms. The fourth-order valence-electron chi connectivity index (χ4n) is 2.77. The quantitative estimate of drug-likeness (QED) is 0.904. The van der Waals surface area contributed by atoms with Crippen LogP contribution in [0.5, 0.6) is 11.5 Å². The monoisotopic (exact) mass is 346 g/mol. The van der Waals surface area contributed by atoms with Crippen LogP contribution in [0.3, 0.4) is 0 Å². The van der Waals surface area contributed by atoms with E-state index in [4.69, 9.17) is 9.47 Å². The lowest BCUT2D eigenvalue weighted by atomic mass is 10.1. The number of fused-ring (bicyclic) bond motifs is 1. The lowest BCUT2D eigenvalue weighted by Crippen LogP contribution is -2.50. The number of carbonyl (C=O) groups is 1. The number of rotatable bonds is 5. The summed E-state index contributed by atoms with van der Waals surface area (Å²) in [4.78, 5) is 14.7. The third-order valence-electron chi connectivity index (χ3n) is 4.12. The third kappa shape index (κ3) is 3.55. The third-order valence-corrected chi connectivity index (χ3v) is 4.82. The number of carbonyl (C=O) groups excluding carboxylic acids is 1. The summed E-state index contributed by atoms with van der Waals surface area (Å²) in [5, 5.41) is 7.16. The number of likely N-dealkylation sites (N-methyl/N-ethyl adjacent to an activating group) is 1. The molecule has 5 nitrogen and oxygen atoms in total. The molecular formula is C18H22N2O3S. The van der Waals surface area contributed by atoms with E-state index in [9.17, 15) is 4.79 Å². The molecule has 0 spiro atoms. The van der Waals surface area contributed by atoms with Gasteiger partial charge in [-0.1, -0.05) is 12.1 Å². The van der Waals surface area contributed by atoms with Gasteiger partial charge in [0.05, 0.1) is 6.04 Å². The van der Waals surface area contributed by atoms with Gasteiger partial charge in [0.1, 0.15) is 6.10 Å². The first-order chi connectivity index (χ1) is 11.6. The minimum atomic E-state index is -0.648. The summed E-state index contributed by atoms with van der Waals surface area (Å²) in [6.07, 6.45) is -0.982. The number of thiophene rings is 1. The van der Waals surface area contributed by atoms with Crippen LogP contribution in [0.2, 0.25) is 0 Å². The van der Waals surface area contributed by atoms with Crippen molar-refractivity contribution < 1.29 is 14.3 Å². The van der Waals surface area contributed by atoms with Gasteiger partial charge < -0.3 is 19.7 Å². The largest absolute Gasteiger partial charge is 0.482 e. The van der Waals surface area contributed by atoms with E-state index in [1.807, 2.05) is 50.7 Å². The van der Waals surface area contributed by atoms with Crippen molar-refractivity contribution >= 4 is 17.2 Å². The van der Waals surface area contributed by atoms with Crippen LogP contribution in [0.25, 0.3) is 0 Å². The van der Waals surface area contributed by atoms with Gasteiger partial charge >= 0.3 is 0 Å². The molecular weight excluding hydrogens is 324 g/mol. The Hall–Kier alpha value is -2.05. The number of hydrogen-bond donors (Lipinski definition) is 1. The number of para-hydroxylation sites is 2. The highest BCUT2D eigenvalue weighted by molar-refractivity contribution is 7.07. The van der Waals surface area contributed by atoms with E-state index < -0.39 is 6.10 Å². The van der Waals surface area contributed by atoms with Crippen molar-refractivity contribution in [2.24, 2.45) is 0 Å². The van der Waals surface area contributed by atoms with Crippen molar-refractivity contribution in [3.8, 4) is 11.5 Å². The predicted octanol–water partition coefficient (Wildman–Crippen LogP) is 2.70. The highest BCUT2D eigenvalue weighted by Gasteiger charge is 2.34. The smallest absolute Gasteiger partial charge is 0.265 e. The van der Waals surface area contributed by atoms with E-state index >= 15 is 0 Å². The average molecular weight is 346 g/mol. The van der Waals surface area contributed by atoms with E-state index in [-0.39, 0.29) is 18.1 Å². The van der Waals surface area contributed by atoms with Gasteiger partial charge in [-0.3, -0.25) is 4.79 Å². The zero-order chi connectivity index (χ0) is 17.1. The fourth-order valence-corrected chi connectivity index (χ4v) is 3.47. The summed E-state index contributed by atoms with van der Waals surface area (Å²) in [6, 6.07) is 9.63. The lowest BCUT2D eigenvalue weighted by Gasteiger charge is -2.32. The maximum Gasteiger partial charge on any atom is 0.265 e. The minimum Gasteiger partial charge on any atom is -0.482 e. The van der Waals surface area contributed by atoms with Crippen molar-refractivity contribution in [3.63, 3.8) is 0 Å². The summed E-state index contributed by atoms with van der Waals surface area (Å²) in [6.45, 7) is 2.37. The van der Waals surface area contributed by atoms with Gasteiger partial charge in [-0.15, -0.1) is 0 Å². The number of benzene rings is 1. The molecule has 0 radical (unpaired) electrons. The predicted molar refractivity (Wildman–Crippen MR) is 94.7 cm³/mol. The van der Waals surface area contributed by atoms with Gasteiger partial charge in [-0.05, 0) is 55.5 Å². The molecule has 0 saturated heterocycles. The van der Waals surface area contributed by atoms with E-state index in [0.717, 1.165) is 0 Å². The highest BCUT2D eigenvalue weighted by atomic mass is 32.1. The molecule has 6 heteroatoms. The van der Waals surface area contributed by atoms with Gasteiger partial charge in [0.2, 0.25) is 6.10 Å². The molecule has 0 saturated carbocycles. The number of nitrogens with zero attached hydrogens (tertiary/aromatic N) is 1. The number of hydrogen-bond acceptors (Lipinski definition) is 5. The van der Waals surface area contributed by atoms with Crippen molar-refractivity contribution in [2.75, 3.05) is 20.6 Å². The minimum absolute atomic E-state index is 0.132. The van der Waals surface area contributed by atoms with E-state index in [2.05, 4.69) is 21.7 Å².